The van der Waals surface area contributed by atoms with Crippen LogP contribution in [0.25, 0.3) is 22.2 Å². The summed E-state index contributed by atoms with van der Waals surface area (Å²) in [5, 5.41) is 13.5. The molecule has 3 aromatic rings. The van der Waals surface area contributed by atoms with E-state index in [0.717, 1.165) is 60.9 Å². The molecule has 1 saturated heterocycles. The number of fused-ring (bicyclic) bond motifs is 1. The molecule has 1 aliphatic rings. The molecule has 0 radical (unpaired) electrons. The number of imidazole rings is 1. The Kier molecular flexibility index (Phi) is 8.25. The van der Waals surface area contributed by atoms with E-state index in [0.29, 0.717) is 0 Å². The first-order chi connectivity index (χ1) is 12.7. The minimum Gasteiger partial charge on any atom is -0.392 e. The summed E-state index contributed by atoms with van der Waals surface area (Å²) in [5.74, 6) is -0.227. The predicted octanol–water partition coefficient (Wildman–Crippen LogP) is 4.58. The molecule has 0 amide bonds. The molecule has 4 nitrogen and oxygen atoms in total. The minimum absolute atomic E-state index is 0. The molecular weight excluding hydrogens is 400 g/mol. The number of aliphatic hydroxyl groups is 1. The summed E-state index contributed by atoms with van der Waals surface area (Å²) in [6.07, 6.45) is 5.50. The average molecular weight is 426 g/mol. The highest BCUT2D eigenvalue weighted by atomic mass is 35.5. The predicted molar refractivity (Wildman–Crippen MR) is 116 cm³/mol. The highest BCUT2D eigenvalue weighted by Gasteiger charge is 2.21. The normalized spacial score (nSPS) is 19.1. The zero-order chi connectivity index (χ0) is 17.9. The molecule has 0 bridgehead atoms. The van der Waals surface area contributed by atoms with E-state index in [9.17, 15) is 9.50 Å². The number of hydrogen-bond acceptors (Lipinski definition) is 3. The van der Waals surface area contributed by atoms with Crippen LogP contribution in [0.2, 0.25) is 0 Å². The van der Waals surface area contributed by atoms with Gasteiger partial charge in [0.2, 0.25) is 0 Å². The van der Waals surface area contributed by atoms with Gasteiger partial charge in [0.1, 0.15) is 5.82 Å². The SMILES string of the molecule is Cl.Cl.O[C@H]1CCCN[C@@H]1CCCn1cnc2ccc(-c3cccc(F)c3)cc21. The Morgan fingerprint density at radius 2 is 1.96 bits per heavy atom. The van der Waals surface area contributed by atoms with Gasteiger partial charge in [-0.05, 0) is 67.6 Å². The monoisotopic (exact) mass is 425 g/mol. The minimum atomic E-state index is -0.233. The van der Waals surface area contributed by atoms with E-state index in [1.54, 1.807) is 12.1 Å². The van der Waals surface area contributed by atoms with E-state index in [2.05, 4.69) is 20.9 Å². The average Bonchev–Trinajstić information content (AvgIpc) is 3.06. The Morgan fingerprint density at radius 3 is 2.75 bits per heavy atom. The fourth-order valence-corrected chi connectivity index (χ4v) is 3.79. The molecular formula is C21H26Cl2FN3O. The third-order valence-electron chi connectivity index (χ3n) is 5.24. The first-order valence-electron chi connectivity index (χ1n) is 9.33. The number of aliphatic hydroxyl groups excluding tert-OH is 1. The van der Waals surface area contributed by atoms with E-state index in [4.69, 9.17) is 0 Å². The Bertz CT molecular complexity index is 902. The van der Waals surface area contributed by atoms with Gasteiger partial charge in [-0.3, -0.25) is 0 Å². The van der Waals surface area contributed by atoms with Gasteiger partial charge >= 0.3 is 0 Å². The Balaban J connectivity index is 0.00000140. The topological polar surface area (TPSA) is 50.1 Å². The van der Waals surface area contributed by atoms with Crippen molar-refractivity contribution in [1.82, 2.24) is 14.9 Å². The molecule has 1 aromatic heterocycles. The molecule has 2 heterocycles. The molecule has 2 N–H and O–H groups in total. The molecule has 0 aliphatic carbocycles. The molecule has 152 valence electrons. The quantitative estimate of drug-likeness (QED) is 0.628. The fourth-order valence-electron chi connectivity index (χ4n) is 3.79. The summed E-state index contributed by atoms with van der Waals surface area (Å²) in [5.41, 5.74) is 3.86. The van der Waals surface area contributed by atoms with Crippen molar-refractivity contribution in [2.75, 3.05) is 6.54 Å². The van der Waals surface area contributed by atoms with Crippen molar-refractivity contribution in [3.05, 3.63) is 54.6 Å². The molecule has 0 unspecified atom stereocenters. The van der Waals surface area contributed by atoms with Gasteiger partial charge in [0.15, 0.2) is 0 Å². The first-order valence-corrected chi connectivity index (χ1v) is 9.33. The molecule has 28 heavy (non-hydrogen) atoms. The van der Waals surface area contributed by atoms with Crippen LogP contribution < -0.4 is 5.32 Å². The van der Waals surface area contributed by atoms with Gasteiger partial charge in [0.25, 0.3) is 0 Å². The maximum Gasteiger partial charge on any atom is 0.123 e. The lowest BCUT2D eigenvalue weighted by Crippen LogP contribution is -2.44. The maximum atomic E-state index is 13.5. The van der Waals surface area contributed by atoms with E-state index in [1.165, 1.54) is 6.07 Å². The molecule has 0 saturated carbocycles. The van der Waals surface area contributed by atoms with Crippen LogP contribution in [0.1, 0.15) is 25.7 Å². The fraction of sp³-hybridized carbons (Fsp3) is 0.381. The summed E-state index contributed by atoms with van der Waals surface area (Å²) in [7, 11) is 0. The number of aromatic nitrogens is 2. The number of aryl methyl sites for hydroxylation is 1. The van der Waals surface area contributed by atoms with Crippen LogP contribution in [-0.2, 0) is 6.54 Å². The molecule has 1 aliphatic heterocycles. The zero-order valence-electron chi connectivity index (χ0n) is 15.6. The largest absolute Gasteiger partial charge is 0.392 e. The van der Waals surface area contributed by atoms with Gasteiger partial charge in [-0.25, -0.2) is 9.37 Å². The second-order valence-electron chi connectivity index (χ2n) is 7.06. The lowest BCUT2D eigenvalue weighted by atomic mass is 9.97. The van der Waals surface area contributed by atoms with Crippen LogP contribution in [0.4, 0.5) is 4.39 Å². The second-order valence-corrected chi connectivity index (χ2v) is 7.06. The maximum absolute atomic E-state index is 13.5. The van der Waals surface area contributed by atoms with Crippen LogP contribution in [0, 0.1) is 5.82 Å². The summed E-state index contributed by atoms with van der Waals surface area (Å²) in [4.78, 5) is 4.48. The van der Waals surface area contributed by atoms with Crippen LogP contribution in [0.5, 0.6) is 0 Å². The van der Waals surface area contributed by atoms with Gasteiger partial charge in [-0.15, -0.1) is 24.8 Å². The molecule has 7 heteroatoms. The van der Waals surface area contributed by atoms with Crippen molar-refractivity contribution in [2.24, 2.45) is 0 Å². The van der Waals surface area contributed by atoms with Crippen molar-refractivity contribution < 1.29 is 9.50 Å². The second kappa shape index (κ2) is 10.2. The van der Waals surface area contributed by atoms with E-state index in [1.807, 2.05) is 24.5 Å². The highest BCUT2D eigenvalue weighted by Crippen LogP contribution is 2.25. The number of benzene rings is 2. The van der Waals surface area contributed by atoms with Crippen molar-refractivity contribution in [2.45, 2.75) is 44.4 Å². The molecule has 4 rings (SSSR count). The third-order valence-corrected chi connectivity index (χ3v) is 5.24. The standard InChI is InChI=1S/C21H24FN3O.2ClH/c22-17-5-1-4-15(12-17)16-8-9-18-20(13-16)25(14-24-18)11-3-6-19-21(26)7-2-10-23-19;;/h1,4-5,8-9,12-14,19,21,23,26H,2-3,6-7,10-11H2;2*1H/t19-,21+;;/m1../s1. The Morgan fingerprint density at radius 1 is 1.14 bits per heavy atom. The number of halogens is 3. The zero-order valence-corrected chi connectivity index (χ0v) is 17.2. The number of nitrogens with zero attached hydrogens (tertiary/aromatic N) is 2. The van der Waals surface area contributed by atoms with Crippen LogP contribution >= 0.6 is 24.8 Å². The summed E-state index contributed by atoms with van der Waals surface area (Å²) in [6, 6.07) is 12.9. The van der Waals surface area contributed by atoms with Gasteiger partial charge < -0.3 is 15.0 Å². The summed E-state index contributed by atoms with van der Waals surface area (Å²) in [6.45, 7) is 1.85. The third kappa shape index (κ3) is 5.03. The number of nitrogens with one attached hydrogen (secondary N) is 1. The van der Waals surface area contributed by atoms with Crippen molar-refractivity contribution in [3.8, 4) is 11.1 Å². The van der Waals surface area contributed by atoms with Gasteiger partial charge in [0, 0.05) is 12.6 Å². The lowest BCUT2D eigenvalue weighted by molar-refractivity contribution is 0.0909. The Labute approximate surface area is 177 Å². The number of piperidine rings is 1. The molecule has 2 atom stereocenters. The lowest BCUT2D eigenvalue weighted by Gasteiger charge is -2.29. The van der Waals surface area contributed by atoms with Crippen molar-refractivity contribution in [3.63, 3.8) is 0 Å². The smallest absolute Gasteiger partial charge is 0.123 e. The highest BCUT2D eigenvalue weighted by molar-refractivity contribution is 5.85. The summed E-state index contributed by atoms with van der Waals surface area (Å²) >= 11 is 0. The van der Waals surface area contributed by atoms with Crippen LogP contribution in [0.15, 0.2) is 48.8 Å². The van der Waals surface area contributed by atoms with Gasteiger partial charge in [-0.2, -0.15) is 0 Å². The summed E-state index contributed by atoms with van der Waals surface area (Å²) < 4.78 is 15.7. The van der Waals surface area contributed by atoms with Gasteiger partial charge in [-0.1, -0.05) is 18.2 Å². The van der Waals surface area contributed by atoms with E-state index in [-0.39, 0.29) is 42.8 Å². The number of rotatable bonds is 5. The van der Waals surface area contributed by atoms with Gasteiger partial charge in [0.05, 0.1) is 23.5 Å². The van der Waals surface area contributed by atoms with E-state index < -0.39 is 0 Å². The van der Waals surface area contributed by atoms with E-state index >= 15 is 0 Å². The van der Waals surface area contributed by atoms with Crippen LogP contribution in [0.3, 0.4) is 0 Å². The van der Waals surface area contributed by atoms with Crippen LogP contribution in [-0.4, -0.2) is 33.3 Å². The number of hydrogen-bond donors (Lipinski definition) is 2. The van der Waals surface area contributed by atoms with Crippen molar-refractivity contribution >= 4 is 35.8 Å². The van der Waals surface area contributed by atoms with Crippen molar-refractivity contribution in [1.29, 1.82) is 0 Å². The molecule has 2 aromatic carbocycles. The molecule has 0 spiro atoms. The molecule has 1 fully saturated rings. The Hall–Kier alpha value is -1.66. The first kappa shape index (κ1) is 22.6.